The van der Waals surface area contributed by atoms with Gasteiger partial charge in [0.2, 0.25) is 5.91 Å². The van der Waals surface area contributed by atoms with E-state index in [0.29, 0.717) is 43.8 Å². The minimum atomic E-state index is -3.70. The Kier molecular flexibility index (Phi) is 7.64. The summed E-state index contributed by atoms with van der Waals surface area (Å²) in [5, 5.41) is 2.86. The largest absolute Gasteiger partial charge is 0.385 e. The monoisotopic (exact) mass is 445 g/mol. The highest BCUT2D eigenvalue weighted by atomic mass is 32.2. The van der Waals surface area contributed by atoms with E-state index in [1.165, 1.54) is 12.1 Å². The first-order valence-electron chi connectivity index (χ1n) is 10.2. The zero-order valence-electron chi connectivity index (χ0n) is 17.4. The second-order valence-electron chi connectivity index (χ2n) is 7.29. The quantitative estimate of drug-likeness (QED) is 0.576. The van der Waals surface area contributed by atoms with Crippen molar-refractivity contribution in [3.05, 3.63) is 60.2 Å². The number of hydrogen-bond donors (Lipinski definition) is 2. The number of anilines is 1. The number of nitrogens with zero attached hydrogens (tertiary/aromatic N) is 1. The minimum Gasteiger partial charge on any atom is -0.385 e. The molecule has 0 saturated carbocycles. The lowest BCUT2D eigenvalue weighted by atomic mass is 10.1. The third kappa shape index (κ3) is 5.83. The summed E-state index contributed by atoms with van der Waals surface area (Å²) < 4.78 is 32.3. The van der Waals surface area contributed by atoms with Crippen LogP contribution in [0.2, 0.25) is 0 Å². The SMILES string of the molecule is COCCCNC(=O)C1CCCN1C(=O)c1ccc(NS(=O)(=O)c2ccccc2)cc1. The molecular weight excluding hydrogens is 418 g/mol. The molecule has 3 rings (SSSR count). The molecular formula is C22H27N3O5S. The van der Waals surface area contributed by atoms with E-state index in [0.717, 1.165) is 6.42 Å². The van der Waals surface area contributed by atoms with E-state index in [2.05, 4.69) is 10.0 Å². The van der Waals surface area contributed by atoms with Crippen molar-refractivity contribution in [2.45, 2.75) is 30.2 Å². The van der Waals surface area contributed by atoms with Gasteiger partial charge in [0.15, 0.2) is 0 Å². The number of benzene rings is 2. The van der Waals surface area contributed by atoms with Gasteiger partial charge in [-0.3, -0.25) is 14.3 Å². The van der Waals surface area contributed by atoms with Gasteiger partial charge in [-0.15, -0.1) is 0 Å². The van der Waals surface area contributed by atoms with Crippen LogP contribution in [0.4, 0.5) is 5.69 Å². The van der Waals surface area contributed by atoms with E-state index < -0.39 is 16.1 Å². The maximum Gasteiger partial charge on any atom is 0.261 e. The minimum absolute atomic E-state index is 0.158. The first kappa shape index (κ1) is 22.8. The highest BCUT2D eigenvalue weighted by Crippen LogP contribution is 2.22. The summed E-state index contributed by atoms with van der Waals surface area (Å²) in [6, 6.07) is 13.8. The lowest BCUT2D eigenvalue weighted by Gasteiger charge is -2.24. The maximum absolute atomic E-state index is 12.9. The van der Waals surface area contributed by atoms with E-state index in [1.54, 1.807) is 54.5 Å². The fourth-order valence-corrected chi connectivity index (χ4v) is 4.57. The number of likely N-dealkylation sites (tertiary alicyclic amines) is 1. The summed E-state index contributed by atoms with van der Waals surface area (Å²) in [4.78, 5) is 27.2. The van der Waals surface area contributed by atoms with Gasteiger partial charge in [0.1, 0.15) is 6.04 Å². The van der Waals surface area contributed by atoms with Gasteiger partial charge in [-0.25, -0.2) is 8.42 Å². The molecule has 8 nitrogen and oxygen atoms in total. The Morgan fingerprint density at radius 1 is 1.10 bits per heavy atom. The van der Waals surface area contributed by atoms with Gasteiger partial charge in [0.05, 0.1) is 4.90 Å². The summed E-state index contributed by atoms with van der Waals surface area (Å²) in [5.74, 6) is -0.402. The van der Waals surface area contributed by atoms with Crippen LogP contribution >= 0.6 is 0 Å². The van der Waals surface area contributed by atoms with Gasteiger partial charge in [-0.2, -0.15) is 0 Å². The normalized spacial score (nSPS) is 16.2. The predicted octanol–water partition coefficient (Wildman–Crippen LogP) is 2.24. The molecule has 166 valence electrons. The smallest absolute Gasteiger partial charge is 0.261 e. The standard InChI is InChI=1S/C22H27N3O5S/c1-30-16-6-14-23-21(26)20-9-5-15-25(20)22(27)17-10-12-18(13-11-17)24-31(28,29)19-7-3-2-4-8-19/h2-4,7-8,10-13,20,24H,5-6,9,14-16H2,1H3,(H,23,26). The van der Waals surface area contributed by atoms with Crippen LogP contribution < -0.4 is 10.0 Å². The molecule has 1 atom stereocenters. The van der Waals surface area contributed by atoms with Crippen molar-refractivity contribution in [1.82, 2.24) is 10.2 Å². The lowest BCUT2D eigenvalue weighted by molar-refractivity contribution is -0.124. The Labute approximate surface area is 182 Å². The topological polar surface area (TPSA) is 105 Å². The van der Waals surface area contributed by atoms with Gasteiger partial charge < -0.3 is 15.0 Å². The van der Waals surface area contributed by atoms with Crippen LogP contribution in [-0.2, 0) is 19.6 Å². The number of nitrogens with one attached hydrogen (secondary N) is 2. The Morgan fingerprint density at radius 2 is 1.81 bits per heavy atom. The number of carbonyl (C=O) groups excluding carboxylic acids is 2. The van der Waals surface area contributed by atoms with Crippen LogP contribution in [-0.4, -0.2) is 58.0 Å². The highest BCUT2D eigenvalue weighted by Gasteiger charge is 2.34. The van der Waals surface area contributed by atoms with Gasteiger partial charge >= 0.3 is 0 Å². The molecule has 1 fully saturated rings. The molecule has 1 saturated heterocycles. The highest BCUT2D eigenvalue weighted by molar-refractivity contribution is 7.92. The maximum atomic E-state index is 12.9. The molecule has 1 aliphatic rings. The molecule has 2 aromatic rings. The predicted molar refractivity (Wildman–Crippen MR) is 117 cm³/mol. The van der Waals surface area contributed by atoms with Crippen molar-refractivity contribution in [2.75, 3.05) is 31.5 Å². The molecule has 1 unspecified atom stereocenters. The van der Waals surface area contributed by atoms with E-state index in [1.807, 2.05) is 0 Å². The molecule has 1 heterocycles. The second kappa shape index (κ2) is 10.4. The number of sulfonamides is 1. The number of carbonyl (C=O) groups is 2. The van der Waals surface area contributed by atoms with Crippen LogP contribution in [0.5, 0.6) is 0 Å². The second-order valence-corrected chi connectivity index (χ2v) is 8.97. The van der Waals surface area contributed by atoms with Crippen LogP contribution in [0, 0.1) is 0 Å². The molecule has 0 spiro atoms. The lowest BCUT2D eigenvalue weighted by Crippen LogP contribution is -2.46. The van der Waals surface area contributed by atoms with Gasteiger partial charge in [-0.05, 0) is 55.7 Å². The van der Waals surface area contributed by atoms with Crippen molar-refractivity contribution >= 4 is 27.5 Å². The third-order valence-corrected chi connectivity index (χ3v) is 6.48. The van der Waals surface area contributed by atoms with Crippen molar-refractivity contribution in [3.8, 4) is 0 Å². The third-order valence-electron chi connectivity index (χ3n) is 5.08. The number of rotatable bonds is 9. The van der Waals surface area contributed by atoms with Crippen molar-refractivity contribution in [3.63, 3.8) is 0 Å². The first-order valence-corrected chi connectivity index (χ1v) is 11.7. The summed E-state index contributed by atoms with van der Waals surface area (Å²) in [5.41, 5.74) is 0.760. The molecule has 2 amide bonds. The average molecular weight is 446 g/mol. The first-order chi connectivity index (χ1) is 14.9. The van der Waals surface area contributed by atoms with Crippen LogP contribution in [0.3, 0.4) is 0 Å². The molecule has 2 N–H and O–H groups in total. The fourth-order valence-electron chi connectivity index (χ4n) is 3.49. The van der Waals surface area contributed by atoms with Crippen molar-refractivity contribution in [1.29, 1.82) is 0 Å². The molecule has 31 heavy (non-hydrogen) atoms. The molecule has 2 aromatic carbocycles. The van der Waals surface area contributed by atoms with E-state index in [4.69, 9.17) is 4.74 Å². The van der Waals surface area contributed by atoms with Crippen molar-refractivity contribution < 1.29 is 22.7 Å². The van der Waals surface area contributed by atoms with Crippen molar-refractivity contribution in [2.24, 2.45) is 0 Å². The fraction of sp³-hybridized carbons (Fsp3) is 0.364. The number of amides is 2. The molecule has 0 radical (unpaired) electrons. The summed E-state index contributed by atoms with van der Waals surface area (Å²) >= 11 is 0. The Balaban J connectivity index is 1.63. The molecule has 0 aromatic heterocycles. The van der Waals surface area contributed by atoms with Gasteiger partial charge in [0, 0.05) is 38.1 Å². The summed E-state index contributed by atoms with van der Waals surface area (Å²) in [6.07, 6.45) is 2.09. The van der Waals surface area contributed by atoms with E-state index >= 15 is 0 Å². The molecule has 0 aliphatic carbocycles. The Hall–Kier alpha value is -2.91. The average Bonchev–Trinajstić information content (AvgIpc) is 3.27. The molecule has 9 heteroatoms. The Morgan fingerprint density at radius 3 is 2.48 bits per heavy atom. The van der Waals surface area contributed by atoms with Gasteiger partial charge in [-0.1, -0.05) is 18.2 Å². The van der Waals surface area contributed by atoms with E-state index in [-0.39, 0.29) is 16.7 Å². The Bertz CT molecular complexity index is 994. The molecule has 1 aliphatic heterocycles. The van der Waals surface area contributed by atoms with E-state index in [9.17, 15) is 18.0 Å². The van der Waals surface area contributed by atoms with Gasteiger partial charge in [0.25, 0.3) is 15.9 Å². The van der Waals surface area contributed by atoms with Crippen LogP contribution in [0.15, 0.2) is 59.5 Å². The summed E-state index contributed by atoms with van der Waals surface area (Å²) in [7, 11) is -2.09. The zero-order chi connectivity index (χ0) is 22.3. The molecule has 0 bridgehead atoms. The number of ether oxygens (including phenoxy) is 1. The summed E-state index contributed by atoms with van der Waals surface area (Å²) in [6.45, 7) is 1.58. The number of hydrogen-bond acceptors (Lipinski definition) is 5. The van der Waals surface area contributed by atoms with Crippen LogP contribution in [0.25, 0.3) is 0 Å². The zero-order valence-corrected chi connectivity index (χ0v) is 18.2. The number of methoxy groups -OCH3 is 1. The van der Waals surface area contributed by atoms with Crippen LogP contribution in [0.1, 0.15) is 29.6 Å².